The maximum absolute atomic E-state index is 12.5. The third-order valence-electron chi connectivity index (χ3n) is 16.0. The molecule has 3 fully saturated rings. The molecule has 0 spiro atoms. The van der Waals surface area contributed by atoms with Crippen molar-refractivity contribution in [3.05, 3.63) is 323 Å². The van der Waals surface area contributed by atoms with Gasteiger partial charge in [-0.3, -0.25) is 66.2 Å². The van der Waals surface area contributed by atoms with Gasteiger partial charge < -0.3 is 61.1 Å². The van der Waals surface area contributed by atoms with E-state index in [1.807, 2.05) is 54.6 Å². The molecule has 0 bridgehead atoms. The van der Waals surface area contributed by atoms with E-state index >= 15 is 0 Å². The van der Waals surface area contributed by atoms with E-state index in [1.165, 1.54) is 95.0 Å². The van der Waals surface area contributed by atoms with Crippen molar-refractivity contribution in [2.24, 2.45) is 5.73 Å². The standard InChI is InChI=1S/C18H16N2O4.2C13H11NO3.C12H9NO3.C7H7NO3.C6H7BO2.C6H9NO2.C5H10O.ClH.Li.2H2O/c21-13-8-9-15(16(22)11-13)19-17(23)14-7-4-10-20(18(14)24)12-5-2-1-3-6-12;2*1-17-13(16)11-8-5-9-14(12(11)15)10-6-3-2-4-7-10;14-11-10(12(15)16)7-4-8-13(11)9-5-2-1-3-6-9;1-11-7(10)5-3-2-4-8-6(5)9;8-7(9)6-4-2-1-3-5-6;7-5-2-1-4(8)3-6(5)9;1-5-3-2-4-6-5;;;;/h1-7,10,15H,8-9,11H2,(H,19,23);2*2-9H,1H3;1-8H,(H,15,16);2-4H,1H3,(H,8,9);1-5,8-9H;5H,1-3,7H2;5H,2-4H2,1H3;1H;;2*1H2/q;;;;;;;;;+1;;/p-1. The Kier molecular flexibility index (Phi) is 43.1. The molecule has 5 aromatic carbocycles. The molecule has 1 aliphatic heterocycles. The quantitative estimate of drug-likeness (QED) is 0.0469. The predicted octanol–water partition coefficient (Wildman–Crippen LogP) is 2.82. The molecule has 30 nitrogen and oxygen atoms in total. The molecule has 588 valence electrons. The molecular weight excluding hydrogens is 1480 g/mol. The summed E-state index contributed by atoms with van der Waals surface area (Å²) in [6, 6.07) is 58.6. The van der Waals surface area contributed by atoms with Crippen molar-refractivity contribution in [3.63, 3.8) is 0 Å². The number of aromatic carboxylic acids is 1. The van der Waals surface area contributed by atoms with Gasteiger partial charge in [0.05, 0.1) is 52.4 Å². The molecule has 2 saturated carbocycles. The summed E-state index contributed by atoms with van der Waals surface area (Å²) in [5.41, 5.74) is 6.21. The molecule has 3 unspecified atom stereocenters. The number of halogens is 1. The Labute approximate surface area is 665 Å². The Bertz CT molecular complexity index is 4940. The van der Waals surface area contributed by atoms with Gasteiger partial charge in [-0.1, -0.05) is 103 Å². The minimum Gasteiger partial charge on any atom is -0.870 e. The number of amides is 1. The van der Waals surface area contributed by atoms with E-state index in [9.17, 15) is 67.1 Å². The first kappa shape index (κ1) is 96.7. The van der Waals surface area contributed by atoms with Gasteiger partial charge in [0.1, 0.15) is 39.4 Å². The van der Waals surface area contributed by atoms with Gasteiger partial charge in [-0.2, -0.15) is 0 Å². The summed E-state index contributed by atoms with van der Waals surface area (Å²) in [6.07, 6.45) is 12.3. The molecule has 3 atom stereocenters. The number of H-pyrrole nitrogens is 1. The average molecular weight is 1560 g/mol. The van der Waals surface area contributed by atoms with Crippen LogP contribution in [0.25, 0.3) is 22.7 Å². The zero-order valence-corrected chi connectivity index (χ0v) is 63.0. The third-order valence-corrected chi connectivity index (χ3v) is 16.0. The summed E-state index contributed by atoms with van der Waals surface area (Å²) < 4.78 is 24.1. The zero-order chi connectivity index (χ0) is 79.4. The van der Waals surface area contributed by atoms with Crippen LogP contribution in [-0.2, 0) is 38.1 Å². The van der Waals surface area contributed by atoms with Gasteiger partial charge in [0.25, 0.3) is 33.7 Å². The van der Waals surface area contributed by atoms with Crippen molar-refractivity contribution in [1.82, 2.24) is 28.6 Å². The van der Waals surface area contributed by atoms with Crippen LogP contribution in [0.3, 0.4) is 0 Å². The molecule has 1 amide bonds. The Balaban J connectivity index is 0.000000448. The number of carbonyl (C=O) groups excluding carboxylic acids is 8. The van der Waals surface area contributed by atoms with Crippen LogP contribution in [0.2, 0.25) is 0 Å². The van der Waals surface area contributed by atoms with Crippen LogP contribution in [0.5, 0.6) is 0 Å². The number of methoxy groups -OCH3 is 3. The largest absolute Gasteiger partial charge is 1.00 e. The second-order valence-electron chi connectivity index (χ2n) is 23.6. The van der Waals surface area contributed by atoms with Gasteiger partial charge in [0, 0.05) is 73.2 Å². The number of ketones is 4. The molecule has 1 saturated heterocycles. The van der Waals surface area contributed by atoms with E-state index in [-0.39, 0.29) is 136 Å². The third kappa shape index (κ3) is 30.1. The van der Waals surface area contributed by atoms with E-state index in [0.29, 0.717) is 47.2 Å². The van der Waals surface area contributed by atoms with Crippen LogP contribution in [0.4, 0.5) is 0 Å². The summed E-state index contributed by atoms with van der Waals surface area (Å²) in [7, 11) is 2.39. The van der Waals surface area contributed by atoms with Crippen LogP contribution in [0, 0.1) is 0 Å². The van der Waals surface area contributed by atoms with Gasteiger partial charge in [0.2, 0.25) is 0 Å². The van der Waals surface area contributed by atoms with E-state index < -0.39 is 59.6 Å². The molecule has 10 aromatic rings. The topological polar surface area (TPSA) is 472 Å². The number of carboxylic acid groups (broad SMARTS) is 1. The van der Waals surface area contributed by atoms with Crippen molar-refractivity contribution in [2.75, 3.05) is 27.9 Å². The molecule has 2 aliphatic carbocycles. The smallest absolute Gasteiger partial charge is 0.870 e. The number of rotatable bonds is 11. The molecule has 33 heteroatoms. The number of para-hydroxylation sites is 4. The second-order valence-corrected chi connectivity index (χ2v) is 23.6. The minimum atomic E-state index is -1.34. The first-order valence-corrected chi connectivity index (χ1v) is 33.8. The summed E-state index contributed by atoms with van der Waals surface area (Å²) in [4.78, 5) is 163. The Morgan fingerprint density at radius 2 is 0.823 bits per heavy atom. The SMILES string of the molecule is CC1CCCO1.COC(=O)c1ccc[nH]c1=O.COC(=O)c1cccn(-c2ccccc2)c1=O.COC(=O)c1cccn(-c2ccccc2)c1=O.Cl.NC1CCC(=O)CC1=O.O.O=C(O)c1cccn(-c2ccccc2)c1=O.O=C1CCC(NC(=O)c2cccn(-c3ccccc3)c2=O)C(=O)C1.OB(O)c1ccccc1.[Li+].[OH-]. The summed E-state index contributed by atoms with van der Waals surface area (Å²) >= 11 is 0. The maximum atomic E-state index is 12.5. The normalized spacial score (nSPS) is 13.9. The fraction of sp³-hybridized carbons (Fsp3) is 0.200. The molecule has 0 radical (unpaired) electrons. The summed E-state index contributed by atoms with van der Waals surface area (Å²) in [6.45, 7) is 3.11. The second kappa shape index (κ2) is 50.4. The van der Waals surface area contributed by atoms with E-state index in [4.69, 9.17) is 25.6 Å². The predicted molar refractivity (Wildman–Crippen MR) is 417 cm³/mol. The molecule has 10 N–H and O–H groups in total. The fourth-order valence-corrected chi connectivity index (χ4v) is 10.2. The first-order chi connectivity index (χ1) is 52.4. The Morgan fingerprint density at radius 1 is 0.478 bits per heavy atom. The molecular formula is C80H84BClLiN7O23. The van der Waals surface area contributed by atoms with Crippen LogP contribution < -0.4 is 63.2 Å². The number of hydrogen-bond acceptors (Lipinski definition) is 22. The molecule has 6 heterocycles. The van der Waals surface area contributed by atoms with Crippen molar-refractivity contribution < 1.29 is 107 Å². The van der Waals surface area contributed by atoms with E-state index in [0.717, 1.165) is 6.61 Å². The number of carbonyl (C=O) groups is 9. The average Bonchev–Trinajstić information content (AvgIpc) is 1.08. The molecule has 5 aromatic heterocycles. The Morgan fingerprint density at radius 3 is 1.14 bits per heavy atom. The summed E-state index contributed by atoms with van der Waals surface area (Å²) in [5.74, 6) is -4.18. The van der Waals surface area contributed by atoms with Gasteiger partial charge >= 0.3 is 49.9 Å². The van der Waals surface area contributed by atoms with Crippen LogP contribution in [0.15, 0.2) is 267 Å². The van der Waals surface area contributed by atoms with Crippen molar-refractivity contribution >= 4 is 77.9 Å². The van der Waals surface area contributed by atoms with Crippen molar-refractivity contribution in [1.29, 1.82) is 0 Å². The van der Waals surface area contributed by atoms with E-state index in [1.54, 1.807) is 146 Å². The number of pyridine rings is 5. The van der Waals surface area contributed by atoms with Gasteiger partial charge in [-0.25, -0.2) is 19.2 Å². The van der Waals surface area contributed by atoms with Gasteiger partial charge in [-0.05, 0) is 147 Å². The number of nitrogens with zero attached hydrogens (tertiary/aromatic N) is 4. The number of hydrogen-bond donors (Lipinski definition) is 6. The number of esters is 3. The van der Waals surface area contributed by atoms with Gasteiger partial charge in [-0.15, -0.1) is 12.4 Å². The number of aromatic nitrogens is 5. The van der Waals surface area contributed by atoms with Crippen LogP contribution in [0.1, 0.15) is 110 Å². The number of nitrogens with two attached hydrogens (primary N) is 1. The van der Waals surface area contributed by atoms with Gasteiger partial charge in [0.15, 0.2) is 11.6 Å². The Hall–Kier alpha value is -12.4. The fourth-order valence-electron chi connectivity index (χ4n) is 10.2. The summed E-state index contributed by atoms with van der Waals surface area (Å²) in [5, 5.41) is 28.6. The van der Waals surface area contributed by atoms with Crippen molar-refractivity contribution in [2.45, 2.75) is 76.5 Å². The first-order valence-electron chi connectivity index (χ1n) is 33.8. The number of Topliss-reactive ketones (excluding diaryl/α,β-unsaturated/α-hetero) is 4. The monoisotopic (exact) mass is 1560 g/mol. The number of aromatic amines is 1. The van der Waals surface area contributed by atoms with Crippen LogP contribution >= 0.6 is 12.4 Å². The molecule has 113 heavy (non-hydrogen) atoms. The van der Waals surface area contributed by atoms with E-state index in [2.05, 4.69) is 31.4 Å². The number of ether oxygens (including phenoxy) is 4. The number of carboxylic acids is 1. The number of benzene rings is 5. The minimum absolute atomic E-state index is 0. The number of nitrogens with one attached hydrogen (secondary N) is 2. The molecule has 13 rings (SSSR count). The van der Waals surface area contributed by atoms with Crippen molar-refractivity contribution in [3.8, 4) is 22.7 Å². The maximum Gasteiger partial charge on any atom is 1.00 e. The van der Waals surface area contributed by atoms with Crippen LogP contribution in [-0.4, -0.2) is 156 Å². The molecule has 3 aliphatic rings. The zero-order valence-electron chi connectivity index (χ0n) is 62.2.